The maximum Gasteiger partial charge on any atom is 0.335 e. The summed E-state index contributed by atoms with van der Waals surface area (Å²) in [6, 6.07) is 14.8. The van der Waals surface area contributed by atoms with Gasteiger partial charge in [0, 0.05) is 18.8 Å². The molecule has 3 aromatic rings. The Balaban J connectivity index is 1.62. The lowest BCUT2D eigenvalue weighted by Crippen LogP contribution is -2.30. The highest BCUT2D eigenvalue weighted by molar-refractivity contribution is 6.34. The number of carboxylic acids is 1. The Hall–Kier alpha value is -2.76. The Bertz CT molecular complexity index is 1250. The molecule has 33 heavy (non-hydrogen) atoms. The minimum atomic E-state index is -0.965. The van der Waals surface area contributed by atoms with Gasteiger partial charge in [-0.15, -0.1) is 0 Å². The fourth-order valence-electron chi connectivity index (χ4n) is 4.26. The van der Waals surface area contributed by atoms with Gasteiger partial charge in [0.05, 0.1) is 22.8 Å². The third kappa shape index (κ3) is 4.94. The van der Waals surface area contributed by atoms with E-state index in [1.54, 1.807) is 28.8 Å². The van der Waals surface area contributed by atoms with Crippen molar-refractivity contribution in [3.05, 3.63) is 96.9 Å². The van der Waals surface area contributed by atoms with Crippen molar-refractivity contribution in [3.63, 3.8) is 0 Å². The zero-order valence-corrected chi connectivity index (χ0v) is 20.2. The summed E-state index contributed by atoms with van der Waals surface area (Å²) in [5.41, 5.74) is 5.40. The lowest BCUT2D eigenvalue weighted by molar-refractivity contribution is 0.0697. The van der Waals surface area contributed by atoms with Crippen LogP contribution in [0.1, 0.15) is 52.5 Å². The molecule has 5 nitrogen and oxygen atoms in total. The van der Waals surface area contributed by atoms with Gasteiger partial charge >= 0.3 is 5.97 Å². The molecule has 4 rings (SSSR count). The van der Waals surface area contributed by atoms with E-state index >= 15 is 0 Å². The predicted molar refractivity (Wildman–Crippen MR) is 133 cm³/mol. The summed E-state index contributed by atoms with van der Waals surface area (Å²) in [5, 5.41) is 9.65. The van der Waals surface area contributed by atoms with Gasteiger partial charge in [-0.3, -0.25) is 4.79 Å². The van der Waals surface area contributed by atoms with E-state index < -0.39 is 5.97 Å². The molecule has 0 spiro atoms. The van der Waals surface area contributed by atoms with Gasteiger partial charge in [-0.1, -0.05) is 61.3 Å². The third-order valence-electron chi connectivity index (χ3n) is 6.24. The average Bonchev–Trinajstić information content (AvgIpc) is 3.19. The van der Waals surface area contributed by atoms with Gasteiger partial charge in [0.1, 0.15) is 5.02 Å². The molecule has 0 unspecified atom stereocenters. The molecule has 1 aromatic heterocycles. The number of nitrogens with zero attached hydrogens (tertiary/aromatic N) is 2. The molecule has 0 atom stereocenters. The molecule has 1 N–H and O–H groups in total. The number of rotatable bonds is 7. The SMILES string of the molecule is CC(C)c1ccc2c(c1)N(Cc1c(Cl)cc(Cl)c(=O)n1CCc1ccc(C(=O)O)cc1)CC2. The van der Waals surface area contributed by atoms with Crippen LogP contribution in [0.5, 0.6) is 0 Å². The van der Waals surface area contributed by atoms with Gasteiger partial charge in [-0.25, -0.2) is 4.79 Å². The number of benzene rings is 2. The summed E-state index contributed by atoms with van der Waals surface area (Å²) in [4.78, 5) is 26.3. The molecule has 0 aliphatic carbocycles. The molecule has 0 amide bonds. The second kappa shape index (κ2) is 9.62. The number of carboxylic acid groups (broad SMARTS) is 1. The predicted octanol–water partition coefficient (Wildman–Crippen LogP) is 5.78. The van der Waals surface area contributed by atoms with E-state index in [-0.39, 0.29) is 16.1 Å². The molecule has 172 valence electrons. The van der Waals surface area contributed by atoms with Crippen LogP contribution in [0, 0.1) is 0 Å². The number of fused-ring (bicyclic) bond motifs is 1. The van der Waals surface area contributed by atoms with Gasteiger partial charge in [0.25, 0.3) is 5.56 Å². The summed E-state index contributed by atoms with van der Waals surface area (Å²) >= 11 is 12.8. The fraction of sp³-hybridized carbons (Fsp3) is 0.308. The molecule has 2 aromatic carbocycles. The molecule has 0 radical (unpaired) electrons. The Morgan fingerprint density at radius 3 is 2.45 bits per heavy atom. The summed E-state index contributed by atoms with van der Waals surface area (Å²) in [7, 11) is 0. The molecule has 1 aliphatic rings. The highest BCUT2D eigenvalue weighted by Crippen LogP contribution is 2.33. The maximum atomic E-state index is 12.9. The largest absolute Gasteiger partial charge is 0.478 e. The Morgan fingerprint density at radius 2 is 1.79 bits per heavy atom. The van der Waals surface area contributed by atoms with Gasteiger partial charge in [0.2, 0.25) is 0 Å². The van der Waals surface area contributed by atoms with Crippen molar-refractivity contribution in [2.75, 3.05) is 11.4 Å². The van der Waals surface area contributed by atoms with Crippen molar-refractivity contribution >= 4 is 34.9 Å². The van der Waals surface area contributed by atoms with Crippen LogP contribution in [0.4, 0.5) is 5.69 Å². The van der Waals surface area contributed by atoms with E-state index in [1.165, 1.54) is 22.9 Å². The lowest BCUT2D eigenvalue weighted by Gasteiger charge is -2.24. The van der Waals surface area contributed by atoms with Crippen molar-refractivity contribution in [3.8, 4) is 0 Å². The van der Waals surface area contributed by atoms with E-state index in [0.717, 1.165) is 24.2 Å². The highest BCUT2D eigenvalue weighted by Gasteiger charge is 2.23. The number of aromatic carboxylic acids is 1. The minimum absolute atomic E-state index is 0.0916. The topological polar surface area (TPSA) is 62.5 Å². The van der Waals surface area contributed by atoms with Crippen LogP contribution in [0.15, 0.2) is 53.3 Å². The number of aryl methyl sites for hydroxylation is 1. The first-order chi connectivity index (χ1) is 15.7. The van der Waals surface area contributed by atoms with E-state index in [4.69, 9.17) is 28.3 Å². The first kappa shape index (κ1) is 23.4. The smallest absolute Gasteiger partial charge is 0.335 e. The van der Waals surface area contributed by atoms with Crippen molar-refractivity contribution in [1.29, 1.82) is 0 Å². The fourth-order valence-corrected chi connectivity index (χ4v) is 4.79. The summed E-state index contributed by atoms with van der Waals surface area (Å²) in [5.74, 6) is -0.532. The summed E-state index contributed by atoms with van der Waals surface area (Å²) < 4.78 is 1.65. The molecular formula is C26H26Cl2N2O3. The van der Waals surface area contributed by atoms with E-state index in [2.05, 4.69) is 36.9 Å². The van der Waals surface area contributed by atoms with Crippen molar-refractivity contribution in [2.24, 2.45) is 0 Å². The number of aromatic nitrogens is 1. The quantitative estimate of drug-likeness (QED) is 0.461. The number of anilines is 1. The van der Waals surface area contributed by atoms with Crippen LogP contribution in [-0.2, 0) is 25.9 Å². The first-order valence-corrected chi connectivity index (χ1v) is 11.8. The summed E-state index contributed by atoms with van der Waals surface area (Å²) in [6.07, 6.45) is 1.51. The van der Waals surface area contributed by atoms with Gasteiger partial charge in [0.15, 0.2) is 0 Å². The maximum absolute atomic E-state index is 12.9. The molecule has 1 aliphatic heterocycles. The monoisotopic (exact) mass is 484 g/mol. The number of carbonyl (C=O) groups is 1. The Morgan fingerprint density at radius 1 is 1.06 bits per heavy atom. The van der Waals surface area contributed by atoms with Crippen LogP contribution in [0.25, 0.3) is 0 Å². The van der Waals surface area contributed by atoms with Crippen molar-refractivity contribution in [1.82, 2.24) is 4.57 Å². The second-order valence-electron chi connectivity index (χ2n) is 8.71. The van der Waals surface area contributed by atoms with Crippen LogP contribution in [-0.4, -0.2) is 22.2 Å². The lowest BCUT2D eigenvalue weighted by atomic mass is 10.0. The van der Waals surface area contributed by atoms with Crippen molar-refractivity contribution in [2.45, 2.75) is 45.7 Å². The standard InChI is InChI=1S/C26H26Cl2N2O3/c1-16(2)20-8-7-18-10-11-29(23(18)13-20)15-24-21(27)14-22(28)25(31)30(24)12-9-17-3-5-19(6-4-17)26(32)33/h3-8,13-14,16H,9-12,15H2,1-2H3,(H,32,33). The second-order valence-corrected chi connectivity index (χ2v) is 9.52. The highest BCUT2D eigenvalue weighted by atomic mass is 35.5. The number of hydrogen-bond donors (Lipinski definition) is 1. The number of hydrogen-bond acceptors (Lipinski definition) is 3. The number of pyridine rings is 1. The zero-order valence-electron chi connectivity index (χ0n) is 18.6. The molecule has 0 bridgehead atoms. The average molecular weight is 485 g/mol. The number of halogens is 2. The van der Waals surface area contributed by atoms with E-state index in [1.807, 2.05) is 0 Å². The van der Waals surface area contributed by atoms with Crippen LogP contribution in [0.2, 0.25) is 10.0 Å². The van der Waals surface area contributed by atoms with Gasteiger partial charge < -0.3 is 14.6 Å². The van der Waals surface area contributed by atoms with Crippen LogP contribution < -0.4 is 10.5 Å². The van der Waals surface area contributed by atoms with E-state index in [9.17, 15) is 9.59 Å². The molecule has 0 saturated carbocycles. The van der Waals surface area contributed by atoms with Gasteiger partial charge in [-0.05, 0) is 59.7 Å². The third-order valence-corrected chi connectivity index (χ3v) is 6.84. The zero-order chi connectivity index (χ0) is 23.7. The van der Waals surface area contributed by atoms with Crippen molar-refractivity contribution < 1.29 is 9.90 Å². The Kier molecular flexibility index (Phi) is 6.82. The molecule has 0 saturated heterocycles. The van der Waals surface area contributed by atoms with Gasteiger partial charge in [-0.2, -0.15) is 0 Å². The summed E-state index contributed by atoms with van der Waals surface area (Å²) in [6.45, 7) is 6.13. The molecule has 7 heteroatoms. The first-order valence-electron chi connectivity index (χ1n) is 11.0. The normalized spacial score (nSPS) is 12.9. The molecule has 0 fully saturated rings. The minimum Gasteiger partial charge on any atom is -0.478 e. The molecule has 2 heterocycles. The van der Waals surface area contributed by atoms with Crippen LogP contribution >= 0.6 is 23.2 Å². The Labute approximate surface area is 203 Å². The van der Waals surface area contributed by atoms with Crippen LogP contribution in [0.3, 0.4) is 0 Å². The molecular weight excluding hydrogens is 459 g/mol. The van der Waals surface area contributed by atoms with E-state index in [0.29, 0.717) is 30.5 Å².